The summed E-state index contributed by atoms with van der Waals surface area (Å²) in [6, 6.07) is 15.6. The van der Waals surface area contributed by atoms with Gasteiger partial charge in [-0.15, -0.1) is 0 Å². The average Bonchev–Trinajstić information content (AvgIpc) is 3.51. The molecular formula is C33H32F5N5OS. The minimum atomic E-state index is -4.42. The number of alkyl halides is 3. The van der Waals surface area contributed by atoms with Gasteiger partial charge in [0.25, 0.3) is 0 Å². The Kier molecular flexibility index (Phi) is 10.9. The van der Waals surface area contributed by atoms with Crippen LogP contribution in [0.1, 0.15) is 42.9 Å². The van der Waals surface area contributed by atoms with Crippen molar-refractivity contribution >= 4 is 34.9 Å². The molecular weight excluding hydrogens is 609 g/mol. The molecule has 4 rings (SSSR count). The number of nitrogens with one attached hydrogen (secondary N) is 2. The van der Waals surface area contributed by atoms with E-state index in [2.05, 4.69) is 4.99 Å². The van der Waals surface area contributed by atoms with Crippen molar-refractivity contribution in [2.75, 3.05) is 20.1 Å². The van der Waals surface area contributed by atoms with Gasteiger partial charge in [-0.3, -0.25) is 20.6 Å². The van der Waals surface area contributed by atoms with Crippen molar-refractivity contribution in [3.63, 3.8) is 0 Å². The lowest BCUT2D eigenvalue weighted by Gasteiger charge is -2.32. The summed E-state index contributed by atoms with van der Waals surface area (Å²) >= 11 is 1.16. The third kappa shape index (κ3) is 7.86. The Morgan fingerprint density at radius 2 is 1.62 bits per heavy atom. The summed E-state index contributed by atoms with van der Waals surface area (Å²) in [7, 11) is 1.55. The number of halogens is 5. The zero-order valence-corrected chi connectivity index (χ0v) is 25.5. The smallest absolute Gasteiger partial charge is 0.317 e. The molecule has 1 aliphatic rings. The first-order chi connectivity index (χ1) is 21.5. The summed E-state index contributed by atoms with van der Waals surface area (Å²) in [6.45, 7) is 2.05. The van der Waals surface area contributed by atoms with Crippen LogP contribution in [0.2, 0.25) is 0 Å². The van der Waals surface area contributed by atoms with Gasteiger partial charge in [0.05, 0.1) is 12.1 Å². The molecule has 1 aliphatic carbocycles. The molecule has 0 bridgehead atoms. The molecule has 0 amide bonds. The molecule has 3 aromatic rings. The number of aldehydes is 1. The van der Waals surface area contributed by atoms with Crippen LogP contribution in [0, 0.1) is 22.5 Å². The maximum absolute atomic E-state index is 14.4. The van der Waals surface area contributed by atoms with E-state index in [0.717, 1.165) is 42.7 Å². The van der Waals surface area contributed by atoms with Gasteiger partial charge in [0.1, 0.15) is 18.0 Å². The number of hydrogen-bond acceptors (Lipinski definition) is 5. The second-order valence-electron chi connectivity index (χ2n) is 10.2. The number of rotatable bonds is 9. The molecule has 0 aromatic heterocycles. The molecule has 0 aliphatic heterocycles. The summed E-state index contributed by atoms with van der Waals surface area (Å²) in [5, 5.41) is 18.3. The Morgan fingerprint density at radius 3 is 2.20 bits per heavy atom. The fraction of sp³-hybridized carbons (Fsp3) is 0.273. The van der Waals surface area contributed by atoms with Crippen LogP contribution in [0.25, 0.3) is 11.1 Å². The van der Waals surface area contributed by atoms with Crippen molar-refractivity contribution in [2.45, 2.75) is 38.1 Å². The van der Waals surface area contributed by atoms with Crippen LogP contribution < -0.4 is 0 Å². The zero-order valence-electron chi connectivity index (χ0n) is 24.7. The van der Waals surface area contributed by atoms with Crippen LogP contribution in [0.5, 0.6) is 0 Å². The predicted octanol–water partition coefficient (Wildman–Crippen LogP) is 8.13. The number of hydrogen-bond donors (Lipinski definition) is 2. The van der Waals surface area contributed by atoms with E-state index in [1.165, 1.54) is 29.2 Å². The van der Waals surface area contributed by atoms with Crippen LogP contribution in [0.15, 0.2) is 83.0 Å². The van der Waals surface area contributed by atoms with E-state index >= 15 is 0 Å². The Morgan fingerprint density at radius 1 is 0.978 bits per heavy atom. The highest BCUT2D eigenvalue weighted by Crippen LogP contribution is 2.32. The number of benzene rings is 3. The largest absolute Gasteiger partial charge is 0.416 e. The minimum Gasteiger partial charge on any atom is -0.317 e. The lowest BCUT2D eigenvalue weighted by atomic mass is 10.0. The van der Waals surface area contributed by atoms with Gasteiger partial charge in [-0.25, -0.2) is 8.78 Å². The van der Waals surface area contributed by atoms with Gasteiger partial charge in [-0.05, 0) is 55.5 Å². The van der Waals surface area contributed by atoms with Crippen molar-refractivity contribution in [1.29, 1.82) is 10.8 Å². The average molecular weight is 642 g/mol. The van der Waals surface area contributed by atoms with E-state index < -0.39 is 23.4 Å². The van der Waals surface area contributed by atoms with Crippen LogP contribution >= 0.6 is 11.8 Å². The van der Waals surface area contributed by atoms with Gasteiger partial charge in [0.2, 0.25) is 0 Å². The molecule has 0 heterocycles. The van der Waals surface area contributed by atoms with E-state index in [1.807, 2.05) is 0 Å². The normalized spacial score (nSPS) is 13.6. The second-order valence-corrected chi connectivity index (χ2v) is 11.2. The number of amidine groups is 3. The quantitative estimate of drug-likeness (QED) is 0.107. The molecule has 0 radical (unpaired) electrons. The number of aliphatic imine (C=N–C) groups is 1. The first-order valence-corrected chi connectivity index (χ1v) is 15.2. The lowest BCUT2D eigenvalue weighted by molar-refractivity contribution is -0.137. The van der Waals surface area contributed by atoms with Gasteiger partial charge in [0, 0.05) is 41.7 Å². The molecule has 236 valence electrons. The number of allylic oxidation sites excluding steroid dienone is 2. The summed E-state index contributed by atoms with van der Waals surface area (Å²) < 4.78 is 67.0. The maximum Gasteiger partial charge on any atom is 0.416 e. The van der Waals surface area contributed by atoms with E-state index in [4.69, 9.17) is 10.8 Å². The van der Waals surface area contributed by atoms with Gasteiger partial charge >= 0.3 is 6.18 Å². The molecule has 2 N–H and O–H groups in total. The highest BCUT2D eigenvalue weighted by Gasteiger charge is 2.30. The monoisotopic (exact) mass is 641 g/mol. The Bertz CT molecular complexity index is 1620. The minimum absolute atomic E-state index is 0.0299. The number of carbonyl (C=O) groups is 1. The van der Waals surface area contributed by atoms with Crippen LogP contribution in [-0.2, 0) is 16.7 Å². The standard InChI is InChI=1S/C33H32F5N5OS/c1-3-42(31(40)23-12-10-21(11-13-23)22-14-16-26(17-15-22)33(36,37)38)29(39)18-43(28-9-5-6-24(28)19-44)32(41-2)45-20-25-7-4-8-27(34)30(25)35/h4,7-8,10-17,19,39-40H,3,5-6,9,18,20H2,1-2H3. The summed E-state index contributed by atoms with van der Waals surface area (Å²) in [6.07, 6.45) is -1.75. The van der Waals surface area contributed by atoms with Crippen molar-refractivity contribution in [3.8, 4) is 11.1 Å². The molecule has 0 saturated carbocycles. The van der Waals surface area contributed by atoms with E-state index in [-0.39, 0.29) is 36.1 Å². The molecule has 0 unspecified atom stereocenters. The number of carbonyl (C=O) groups excluding carboxylic acids is 1. The number of nitrogens with zero attached hydrogens (tertiary/aromatic N) is 3. The Labute approximate surface area is 262 Å². The number of thioether (sulfide) groups is 1. The highest BCUT2D eigenvalue weighted by atomic mass is 32.2. The van der Waals surface area contributed by atoms with Gasteiger partial charge in [0.15, 0.2) is 16.8 Å². The van der Waals surface area contributed by atoms with Gasteiger partial charge in [-0.1, -0.05) is 60.3 Å². The first-order valence-electron chi connectivity index (χ1n) is 14.2. The Balaban J connectivity index is 1.54. The number of likely N-dealkylation sites (N-methyl/N-ethyl adjacent to an activating group) is 1. The van der Waals surface area contributed by atoms with Crippen molar-refractivity contribution in [2.24, 2.45) is 4.99 Å². The highest BCUT2D eigenvalue weighted by molar-refractivity contribution is 8.13. The molecule has 0 atom stereocenters. The van der Waals surface area contributed by atoms with Gasteiger partial charge < -0.3 is 9.80 Å². The molecule has 0 spiro atoms. The molecule has 3 aromatic carbocycles. The summed E-state index contributed by atoms with van der Waals surface area (Å²) in [5.74, 6) is -1.72. The van der Waals surface area contributed by atoms with Crippen LogP contribution in [0.4, 0.5) is 22.0 Å². The zero-order chi connectivity index (χ0) is 32.7. The van der Waals surface area contributed by atoms with E-state index in [1.54, 1.807) is 43.1 Å². The summed E-state index contributed by atoms with van der Waals surface area (Å²) in [4.78, 5) is 19.5. The fourth-order valence-electron chi connectivity index (χ4n) is 5.08. The lowest BCUT2D eigenvalue weighted by Crippen LogP contribution is -2.44. The maximum atomic E-state index is 14.4. The molecule has 0 fully saturated rings. The Hall–Kier alpha value is -4.32. The first kappa shape index (κ1) is 33.6. The summed E-state index contributed by atoms with van der Waals surface area (Å²) in [5.41, 5.74) is 2.47. The third-order valence-electron chi connectivity index (χ3n) is 7.43. The molecule has 0 saturated heterocycles. The van der Waals surface area contributed by atoms with Crippen molar-refractivity contribution in [1.82, 2.24) is 9.80 Å². The SMILES string of the molecule is CCN(C(=N)CN(C(=NC)SCc1cccc(F)c1F)C1=C(C=O)CCC1)C(=N)c1ccc(-c2ccc(C(F)(F)F)cc2)cc1. The second kappa shape index (κ2) is 14.6. The predicted molar refractivity (Wildman–Crippen MR) is 168 cm³/mol. The van der Waals surface area contributed by atoms with E-state index in [9.17, 15) is 26.7 Å². The molecule has 45 heavy (non-hydrogen) atoms. The topological polar surface area (TPSA) is 83.6 Å². The third-order valence-corrected chi connectivity index (χ3v) is 8.55. The van der Waals surface area contributed by atoms with Crippen LogP contribution in [-0.4, -0.2) is 53.1 Å². The molecule has 12 heteroatoms. The molecule has 6 nitrogen and oxygen atoms in total. The van der Waals surface area contributed by atoms with E-state index in [0.29, 0.717) is 46.0 Å². The van der Waals surface area contributed by atoms with Gasteiger partial charge in [-0.2, -0.15) is 13.2 Å². The van der Waals surface area contributed by atoms with Crippen molar-refractivity contribution in [3.05, 3.63) is 106 Å². The van der Waals surface area contributed by atoms with Crippen LogP contribution in [0.3, 0.4) is 0 Å². The van der Waals surface area contributed by atoms with Crippen molar-refractivity contribution < 1.29 is 26.7 Å². The fourth-order valence-corrected chi connectivity index (χ4v) is 6.04.